The average molecular weight is 520 g/mol. The number of alkyl halides is 4. The Labute approximate surface area is 214 Å². The Hall–Kier alpha value is -3.30. The van der Waals surface area contributed by atoms with Crippen LogP contribution in [0.2, 0.25) is 0 Å². The van der Waals surface area contributed by atoms with E-state index in [-0.39, 0.29) is 36.6 Å². The molecule has 3 heterocycles. The van der Waals surface area contributed by atoms with Crippen LogP contribution in [-0.2, 0) is 30.2 Å². The van der Waals surface area contributed by atoms with Gasteiger partial charge in [0.05, 0.1) is 29.5 Å². The summed E-state index contributed by atoms with van der Waals surface area (Å²) < 4.78 is 57.6. The van der Waals surface area contributed by atoms with Gasteiger partial charge in [0.2, 0.25) is 5.91 Å². The van der Waals surface area contributed by atoms with Gasteiger partial charge in [0.25, 0.3) is 0 Å². The summed E-state index contributed by atoms with van der Waals surface area (Å²) in [5.41, 5.74) is -0.584. The summed E-state index contributed by atoms with van der Waals surface area (Å²) in [7, 11) is 1.81. The van der Waals surface area contributed by atoms with Gasteiger partial charge in [-0.1, -0.05) is 26.0 Å². The molecule has 1 saturated heterocycles. The molecule has 0 atom stereocenters. The highest BCUT2D eigenvalue weighted by atomic mass is 19.4. The molecule has 3 aromatic rings. The topological polar surface area (TPSA) is 63.4 Å². The molecule has 2 aromatic heterocycles. The number of amides is 1. The monoisotopic (exact) mass is 519 g/mol. The summed E-state index contributed by atoms with van der Waals surface area (Å²) in [4.78, 5) is 26.7. The van der Waals surface area contributed by atoms with Crippen LogP contribution in [0.5, 0.6) is 0 Å². The minimum absolute atomic E-state index is 0.00296. The second kappa shape index (κ2) is 11.0. The number of hydrogen-bond acceptors (Lipinski definition) is 4. The SMILES string of the molecule is CC.CC(=O)N1CCC(F)(c2cc3c(=NCc4cccc(C(F)(F)F)c4C)nc(C)n(C)c3cn2)CC1. The fraction of sp³-hybridized carbons (Fsp3) is 0.481. The van der Waals surface area contributed by atoms with E-state index in [4.69, 9.17) is 0 Å². The Morgan fingerprint density at radius 2 is 1.81 bits per heavy atom. The van der Waals surface area contributed by atoms with E-state index in [1.165, 1.54) is 19.9 Å². The van der Waals surface area contributed by atoms with Gasteiger partial charge in [-0.3, -0.25) is 14.8 Å². The van der Waals surface area contributed by atoms with Gasteiger partial charge in [-0.25, -0.2) is 9.37 Å². The summed E-state index contributed by atoms with van der Waals surface area (Å²) in [6.45, 7) is 9.28. The van der Waals surface area contributed by atoms with E-state index >= 15 is 4.39 Å². The second-order valence-electron chi connectivity index (χ2n) is 9.00. The molecule has 4 rings (SSSR count). The highest BCUT2D eigenvalue weighted by molar-refractivity contribution is 5.78. The standard InChI is InChI=1S/C25H27F4N5O.C2H6/c1-15-18(6-5-7-20(15)25(27,28)29)13-31-23-19-12-22(30-14-21(19)33(4)16(2)32-23)24(26)8-10-34(11-9-24)17(3)35;1-2/h5-7,12,14H,8-11,13H2,1-4H3;1-2H3. The van der Waals surface area contributed by atoms with Crippen LogP contribution in [0.3, 0.4) is 0 Å². The van der Waals surface area contributed by atoms with Gasteiger partial charge in [-0.15, -0.1) is 0 Å². The number of nitrogens with zero attached hydrogens (tertiary/aromatic N) is 5. The van der Waals surface area contributed by atoms with Crippen LogP contribution in [0.1, 0.15) is 61.8 Å². The van der Waals surface area contributed by atoms with E-state index in [1.54, 1.807) is 30.2 Å². The molecule has 1 fully saturated rings. The quantitative estimate of drug-likeness (QED) is 0.427. The number of rotatable bonds is 3. The molecule has 1 aliphatic rings. The van der Waals surface area contributed by atoms with Crippen LogP contribution in [-0.4, -0.2) is 38.4 Å². The van der Waals surface area contributed by atoms with Crippen LogP contribution in [0, 0.1) is 13.8 Å². The minimum Gasteiger partial charge on any atom is -0.343 e. The first-order chi connectivity index (χ1) is 17.4. The smallest absolute Gasteiger partial charge is 0.343 e. The molecule has 1 amide bonds. The van der Waals surface area contributed by atoms with Crippen molar-refractivity contribution in [2.75, 3.05) is 13.1 Å². The summed E-state index contributed by atoms with van der Waals surface area (Å²) in [6, 6.07) is 5.65. The minimum atomic E-state index is -4.45. The number of fused-ring (bicyclic) bond motifs is 1. The highest BCUT2D eigenvalue weighted by Gasteiger charge is 2.38. The van der Waals surface area contributed by atoms with Crippen LogP contribution in [0.15, 0.2) is 35.5 Å². The molecule has 0 bridgehead atoms. The third-order valence-electron chi connectivity index (χ3n) is 6.85. The zero-order valence-electron chi connectivity index (χ0n) is 22.1. The predicted octanol–water partition coefficient (Wildman–Crippen LogP) is 5.54. The molecule has 10 heteroatoms. The normalized spacial score (nSPS) is 15.9. The Bertz CT molecular complexity index is 1360. The number of hydrogen-bond donors (Lipinski definition) is 0. The Balaban J connectivity index is 0.00000186. The van der Waals surface area contributed by atoms with Gasteiger partial charge in [-0.2, -0.15) is 13.2 Å². The number of halogens is 4. The lowest BCUT2D eigenvalue weighted by molar-refractivity contribution is -0.138. The second-order valence-corrected chi connectivity index (χ2v) is 9.00. The number of piperidine rings is 1. The average Bonchev–Trinajstić information content (AvgIpc) is 2.86. The van der Waals surface area contributed by atoms with Crippen molar-refractivity contribution in [3.8, 4) is 0 Å². The first-order valence-electron chi connectivity index (χ1n) is 12.4. The molecule has 0 N–H and O–H groups in total. The fourth-order valence-corrected chi connectivity index (χ4v) is 4.48. The largest absolute Gasteiger partial charge is 0.416 e. The summed E-state index contributed by atoms with van der Waals surface area (Å²) in [5.74, 6) is 0.549. The number of aryl methyl sites for hydroxylation is 2. The summed E-state index contributed by atoms with van der Waals surface area (Å²) >= 11 is 0. The van der Waals surface area contributed by atoms with Gasteiger partial charge in [0.1, 0.15) is 5.82 Å². The van der Waals surface area contributed by atoms with Crippen molar-refractivity contribution < 1.29 is 22.4 Å². The molecule has 200 valence electrons. The number of benzene rings is 1. The van der Waals surface area contributed by atoms with Crippen LogP contribution in [0.4, 0.5) is 17.6 Å². The molecule has 0 saturated carbocycles. The Morgan fingerprint density at radius 1 is 1.16 bits per heavy atom. The highest BCUT2D eigenvalue weighted by Crippen LogP contribution is 2.37. The van der Waals surface area contributed by atoms with Crippen molar-refractivity contribution >= 4 is 16.8 Å². The molecule has 1 aromatic carbocycles. The van der Waals surface area contributed by atoms with E-state index in [0.717, 1.165) is 6.07 Å². The van der Waals surface area contributed by atoms with Gasteiger partial charge in [0.15, 0.2) is 11.2 Å². The Kier molecular flexibility index (Phi) is 8.39. The van der Waals surface area contributed by atoms with Crippen LogP contribution >= 0.6 is 0 Å². The van der Waals surface area contributed by atoms with Crippen molar-refractivity contribution in [2.45, 2.75) is 65.9 Å². The zero-order valence-corrected chi connectivity index (χ0v) is 22.1. The zero-order chi connectivity index (χ0) is 27.5. The maximum Gasteiger partial charge on any atom is 0.416 e. The molecule has 0 aliphatic carbocycles. The first-order valence-corrected chi connectivity index (χ1v) is 12.4. The molecular formula is C27H33F4N5O. The van der Waals surface area contributed by atoms with Crippen molar-refractivity contribution in [3.05, 3.63) is 64.2 Å². The number of carbonyl (C=O) groups is 1. The third-order valence-corrected chi connectivity index (χ3v) is 6.85. The molecule has 0 spiro atoms. The molecule has 0 unspecified atom stereocenters. The lowest BCUT2D eigenvalue weighted by Gasteiger charge is -2.35. The molecule has 37 heavy (non-hydrogen) atoms. The van der Waals surface area contributed by atoms with Crippen molar-refractivity contribution in [1.29, 1.82) is 0 Å². The number of carbonyl (C=O) groups excluding carboxylic acids is 1. The summed E-state index contributed by atoms with van der Waals surface area (Å²) in [6.07, 6.45) is -2.61. The first kappa shape index (κ1) is 28.3. The number of aromatic nitrogens is 3. The molecular weight excluding hydrogens is 486 g/mol. The predicted molar refractivity (Wildman–Crippen MR) is 134 cm³/mol. The molecule has 6 nitrogen and oxygen atoms in total. The van der Waals surface area contributed by atoms with Crippen LogP contribution in [0.25, 0.3) is 10.9 Å². The van der Waals surface area contributed by atoms with E-state index in [1.807, 2.05) is 25.5 Å². The van der Waals surface area contributed by atoms with Gasteiger partial charge in [0, 0.05) is 45.3 Å². The van der Waals surface area contributed by atoms with E-state index < -0.39 is 17.4 Å². The van der Waals surface area contributed by atoms with E-state index in [2.05, 4.69) is 15.0 Å². The van der Waals surface area contributed by atoms with E-state index in [0.29, 0.717) is 40.9 Å². The fourth-order valence-electron chi connectivity index (χ4n) is 4.48. The molecule has 0 radical (unpaired) electrons. The number of pyridine rings is 1. The van der Waals surface area contributed by atoms with E-state index in [9.17, 15) is 18.0 Å². The van der Waals surface area contributed by atoms with Crippen LogP contribution < -0.4 is 5.49 Å². The maximum atomic E-state index is 15.9. The summed E-state index contributed by atoms with van der Waals surface area (Å²) in [5, 5.41) is 0.568. The maximum absolute atomic E-state index is 15.9. The van der Waals surface area contributed by atoms with Crippen molar-refractivity contribution in [1.82, 2.24) is 19.4 Å². The lowest BCUT2D eigenvalue weighted by Crippen LogP contribution is -2.42. The van der Waals surface area contributed by atoms with Crippen molar-refractivity contribution in [2.24, 2.45) is 12.0 Å². The number of likely N-dealkylation sites (tertiary alicyclic amines) is 1. The van der Waals surface area contributed by atoms with Crippen molar-refractivity contribution in [3.63, 3.8) is 0 Å². The Morgan fingerprint density at radius 3 is 2.41 bits per heavy atom. The van der Waals surface area contributed by atoms with Gasteiger partial charge >= 0.3 is 6.18 Å². The van der Waals surface area contributed by atoms with Gasteiger partial charge < -0.3 is 9.47 Å². The third kappa shape index (κ3) is 5.83. The lowest BCUT2D eigenvalue weighted by atomic mass is 9.89. The van der Waals surface area contributed by atoms with Gasteiger partial charge in [-0.05, 0) is 37.1 Å². The molecule has 1 aliphatic heterocycles.